The Balaban J connectivity index is 3.68. The minimum atomic E-state index is -1.25. The van der Waals surface area contributed by atoms with Crippen LogP contribution in [0.5, 0.6) is 0 Å². The second-order valence-electron chi connectivity index (χ2n) is 1.36. The summed E-state index contributed by atoms with van der Waals surface area (Å²) in [6.45, 7) is 3.77. The fourth-order valence-electron chi connectivity index (χ4n) is 0.227. The van der Waals surface area contributed by atoms with E-state index in [-0.39, 0.29) is 0 Å². The number of nitrogens with zero attached hydrogens (tertiary/aromatic N) is 1. The first-order valence-electron chi connectivity index (χ1n) is 2.48. The molecule has 0 saturated carbocycles. The topological polar surface area (TPSA) is 61.7 Å². The Hall–Kier alpha value is -1.03. The molecule has 5 heteroatoms. The molecule has 0 saturated heterocycles. The molecule has 0 aromatic heterocycles. The number of carboxylic acids is 1. The molecule has 56 valence electrons. The SMILES string of the molecule is C=CCN/N=C(/Cl)C(=O)O. The molecule has 0 spiro atoms. The Kier molecular flexibility index (Phi) is 4.32. The molecule has 0 fully saturated rings. The van der Waals surface area contributed by atoms with Gasteiger partial charge in [-0.1, -0.05) is 17.7 Å². The predicted molar refractivity (Wildman–Crippen MR) is 39.1 cm³/mol. The van der Waals surface area contributed by atoms with Gasteiger partial charge < -0.3 is 10.5 Å². The Morgan fingerprint density at radius 1 is 1.90 bits per heavy atom. The summed E-state index contributed by atoms with van der Waals surface area (Å²) >= 11 is 5.11. The van der Waals surface area contributed by atoms with Gasteiger partial charge in [-0.25, -0.2) is 4.79 Å². The van der Waals surface area contributed by atoms with E-state index in [1.54, 1.807) is 0 Å². The summed E-state index contributed by atoms with van der Waals surface area (Å²) < 4.78 is 0. The average molecular weight is 163 g/mol. The van der Waals surface area contributed by atoms with Crippen LogP contribution in [0, 0.1) is 0 Å². The van der Waals surface area contributed by atoms with Gasteiger partial charge in [0.05, 0.1) is 6.54 Å². The van der Waals surface area contributed by atoms with Gasteiger partial charge in [-0.15, -0.1) is 6.58 Å². The van der Waals surface area contributed by atoms with Crippen molar-refractivity contribution in [2.45, 2.75) is 0 Å². The van der Waals surface area contributed by atoms with E-state index in [2.05, 4.69) is 17.1 Å². The van der Waals surface area contributed by atoms with Crippen LogP contribution in [0.25, 0.3) is 0 Å². The zero-order valence-electron chi connectivity index (χ0n) is 5.17. The number of hydrogen-bond donors (Lipinski definition) is 2. The van der Waals surface area contributed by atoms with Gasteiger partial charge in [-0.3, -0.25) is 0 Å². The first kappa shape index (κ1) is 8.97. The standard InChI is InChI=1S/C5H7ClN2O2/c1-2-3-7-8-4(6)5(9)10/h2,7H,1,3H2,(H,9,10)/b8-4+. The molecule has 0 aliphatic carbocycles. The van der Waals surface area contributed by atoms with Crippen LogP contribution in [-0.2, 0) is 4.79 Å². The second-order valence-corrected chi connectivity index (χ2v) is 1.72. The Morgan fingerprint density at radius 2 is 2.50 bits per heavy atom. The third-order valence-electron chi connectivity index (χ3n) is 0.589. The minimum absolute atomic E-state index is 0.392. The zero-order valence-corrected chi connectivity index (χ0v) is 5.93. The van der Waals surface area contributed by atoms with Gasteiger partial charge in [0.15, 0.2) is 0 Å². The van der Waals surface area contributed by atoms with E-state index in [1.807, 2.05) is 0 Å². The number of carbonyl (C=O) groups is 1. The van der Waals surface area contributed by atoms with Crippen LogP contribution in [-0.4, -0.2) is 22.8 Å². The summed E-state index contributed by atoms with van der Waals surface area (Å²) in [6, 6.07) is 0. The van der Waals surface area contributed by atoms with Gasteiger partial charge in [0.2, 0.25) is 5.17 Å². The number of rotatable bonds is 4. The summed E-state index contributed by atoms with van der Waals surface area (Å²) in [5.74, 6) is -1.25. The number of nitrogens with one attached hydrogen (secondary N) is 1. The molecular weight excluding hydrogens is 156 g/mol. The van der Waals surface area contributed by atoms with Crippen molar-refractivity contribution in [3.8, 4) is 0 Å². The van der Waals surface area contributed by atoms with Crippen LogP contribution in [0.15, 0.2) is 17.8 Å². The number of aliphatic carboxylic acids is 1. The van der Waals surface area contributed by atoms with Crippen molar-refractivity contribution < 1.29 is 9.90 Å². The van der Waals surface area contributed by atoms with Crippen LogP contribution in [0.2, 0.25) is 0 Å². The summed E-state index contributed by atoms with van der Waals surface area (Å²) in [6.07, 6.45) is 1.54. The third kappa shape index (κ3) is 3.91. The molecule has 2 N–H and O–H groups in total. The highest BCUT2D eigenvalue weighted by atomic mass is 35.5. The van der Waals surface area contributed by atoms with Crippen molar-refractivity contribution in [3.63, 3.8) is 0 Å². The van der Waals surface area contributed by atoms with Crippen LogP contribution in [0.4, 0.5) is 0 Å². The van der Waals surface area contributed by atoms with E-state index in [0.29, 0.717) is 6.54 Å². The quantitative estimate of drug-likeness (QED) is 0.272. The highest BCUT2D eigenvalue weighted by Crippen LogP contribution is 1.82. The van der Waals surface area contributed by atoms with Gasteiger partial charge in [-0.2, -0.15) is 5.10 Å². The number of halogens is 1. The number of carboxylic acid groups (broad SMARTS) is 1. The molecule has 0 atom stereocenters. The Bertz CT molecular complexity index is 167. The average Bonchev–Trinajstić information content (AvgIpc) is 1.88. The van der Waals surface area contributed by atoms with Crippen LogP contribution < -0.4 is 5.43 Å². The monoisotopic (exact) mass is 162 g/mol. The lowest BCUT2D eigenvalue weighted by Crippen LogP contribution is -2.13. The van der Waals surface area contributed by atoms with Crippen molar-refractivity contribution in [3.05, 3.63) is 12.7 Å². The Labute approximate surface area is 63.2 Å². The second kappa shape index (κ2) is 4.81. The molecule has 10 heavy (non-hydrogen) atoms. The fraction of sp³-hybridized carbons (Fsp3) is 0.200. The van der Waals surface area contributed by atoms with Crippen molar-refractivity contribution in [2.75, 3.05) is 6.54 Å². The van der Waals surface area contributed by atoms with E-state index < -0.39 is 11.1 Å². The fourth-order valence-corrected chi connectivity index (χ4v) is 0.287. The largest absolute Gasteiger partial charge is 0.476 e. The molecule has 0 aromatic rings. The molecule has 0 rings (SSSR count). The van der Waals surface area contributed by atoms with Gasteiger partial charge >= 0.3 is 5.97 Å². The molecule has 0 heterocycles. The predicted octanol–water partition coefficient (Wildman–Crippen LogP) is 0.399. The van der Waals surface area contributed by atoms with Crippen molar-refractivity contribution in [1.29, 1.82) is 0 Å². The lowest BCUT2D eigenvalue weighted by molar-refractivity contribution is -0.129. The summed E-state index contributed by atoms with van der Waals surface area (Å²) in [5, 5.41) is 10.9. The van der Waals surface area contributed by atoms with Crippen LogP contribution >= 0.6 is 11.6 Å². The smallest absolute Gasteiger partial charge is 0.368 e. The minimum Gasteiger partial charge on any atom is -0.476 e. The number of hydrogen-bond acceptors (Lipinski definition) is 3. The van der Waals surface area contributed by atoms with Crippen molar-refractivity contribution in [1.82, 2.24) is 5.43 Å². The molecule has 0 radical (unpaired) electrons. The Morgan fingerprint density at radius 3 is 2.90 bits per heavy atom. The van der Waals surface area contributed by atoms with E-state index in [0.717, 1.165) is 0 Å². The molecule has 0 bridgehead atoms. The first-order valence-corrected chi connectivity index (χ1v) is 2.86. The summed E-state index contributed by atoms with van der Waals surface area (Å²) in [7, 11) is 0. The molecule has 0 amide bonds. The molecular formula is C5H7ClN2O2. The maximum Gasteiger partial charge on any atom is 0.368 e. The van der Waals surface area contributed by atoms with Crippen LogP contribution in [0.3, 0.4) is 0 Å². The van der Waals surface area contributed by atoms with Crippen molar-refractivity contribution >= 4 is 22.7 Å². The zero-order chi connectivity index (χ0) is 7.98. The van der Waals surface area contributed by atoms with Crippen LogP contribution in [0.1, 0.15) is 0 Å². The highest BCUT2D eigenvalue weighted by Gasteiger charge is 2.02. The summed E-state index contributed by atoms with van der Waals surface area (Å²) in [4.78, 5) is 9.96. The van der Waals surface area contributed by atoms with E-state index in [4.69, 9.17) is 16.7 Å². The number of hydrazone groups is 1. The van der Waals surface area contributed by atoms with Crippen molar-refractivity contribution in [2.24, 2.45) is 5.10 Å². The lowest BCUT2D eigenvalue weighted by Gasteiger charge is -1.92. The maximum absolute atomic E-state index is 9.96. The normalized spacial score (nSPS) is 10.7. The van der Waals surface area contributed by atoms with Gasteiger partial charge in [0, 0.05) is 0 Å². The lowest BCUT2D eigenvalue weighted by atomic mass is 10.7. The van der Waals surface area contributed by atoms with Gasteiger partial charge in [-0.05, 0) is 0 Å². The van der Waals surface area contributed by atoms with Gasteiger partial charge in [0.1, 0.15) is 0 Å². The third-order valence-corrected chi connectivity index (χ3v) is 0.836. The van der Waals surface area contributed by atoms with E-state index in [1.165, 1.54) is 6.08 Å². The summed E-state index contributed by atoms with van der Waals surface area (Å²) in [5.41, 5.74) is 2.37. The molecule has 0 aliphatic rings. The molecule has 0 unspecified atom stereocenters. The molecule has 0 aliphatic heterocycles. The molecule has 4 nitrogen and oxygen atoms in total. The maximum atomic E-state index is 9.96. The van der Waals surface area contributed by atoms with E-state index in [9.17, 15) is 4.79 Å². The van der Waals surface area contributed by atoms with E-state index >= 15 is 0 Å². The molecule has 0 aromatic carbocycles. The highest BCUT2D eigenvalue weighted by molar-refractivity contribution is 6.81. The van der Waals surface area contributed by atoms with Gasteiger partial charge in [0.25, 0.3) is 0 Å². The first-order chi connectivity index (χ1) is 4.68.